The van der Waals surface area contributed by atoms with Gasteiger partial charge in [-0.15, -0.1) is 0 Å². The van der Waals surface area contributed by atoms with E-state index in [-0.39, 0.29) is 11.3 Å². The van der Waals surface area contributed by atoms with Crippen LogP contribution in [0, 0.1) is 15.9 Å². The lowest BCUT2D eigenvalue weighted by atomic mass is 10.1. The number of anilines is 1. The normalized spacial score (nSPS) is 9.90. The Morgan fingerprint density at radius 3 is 2.60 bits per heavy atom. The van der Waals surface area contributed by atoms with Gasteiger partial charge in [-0.3, -0.25) is 19.7 Å². The molecule has 0 aromatic heterocycles. The van der Waals surface area contributed by atoms with Gasteiger partial charge in [-0.1, -0.05) is 0 Å². The average Bonchev–Trinajstić information content (AvgIpc) is 2.37. The summed E-state index contributed by atoms with van der Waals surface area (Å²) in [6, 6.07) is 1.67. The SMILES string of the molecule is CCNc1cc(C(=O)NCC(N)=O)c([N+](=O)[O-])cc1F. The van der Waals surface area contributed by atoms with Gasteiger partial charge in [0, 0.05) is 6.54 Å². The first kappa shape index (κ1) is 15.3. The highest BCUT2D eigenvalue weighted by molar-refractivity contribution is 6.00. The minimum atomic E-state index is -0.880. The van der Waals surface area contributed by atoms with Crippen LogP contribution in [0.1, 0.15) is 17.3 Å². The summed E-state index contributed by atoms with van der Waals surface area (Å²) < 4.78 is 13.6. The highest BCUT2D eigenvalue weighted by Crippen LogP contribution is 2.26. The van der Waals surface area contributed by atoms with Crippen LogP contribution in [0.2, 0.25) is 0 Å². The molecule has 1 rings (SSSR count). The minimum Gasteiger partial charge on any atom is -0.383 e. The molecule has 0 atom stereocenters. The van der Waals surface area contributed by atoms with Gasteiger partial charge in [0.25, 0.3) is 11.6 Å². The van der Waals surface area contributed by atoms with E-state index >= 15 is 0 Å². The monoisotopic (exact) mass is 284 g/mol. The summed E-state index contributed by atoms with van der Waals surface area (Å²) in [5, 5.41) is 15.6. The Hall–Kier alpha value is -2.71. The van der Waals surface area contributed by atoms with Crippen LogP contribution in [0.4, 0.5) is 15.8 Å². The molecule has 0 bridgehead atoms. The van der Waals surface area contributed by atoms with Crippen LogP contribution >= 0.6 is 0 Å². The Labute approximate surface area is 113 Å². The number of nitrogens with two attached hydrogens (primary N) is 1. The third-order valence-electron chi connectivity index (χ3n) is 2.32. The maximum atomic E-state index is 13.6. The van der Waals surface area contributed by atoms with E-state index in [0.717, 1.165) is 6.07 Å². The number of amides is 2. The Balaban J connectivity index is 3.19. The van der Waals surface area contributed by atoms with Crippen molar-refractivity contribution < 1.29 is 18.9 Å². The van der Waals surface area contributed by atoms with E-state index in [1.807, 2.05) is 0 Å². The summed E-state index contributed by atoms with van der Waals surface area (Å²) in [6.45, 7) is 1.61. The van der Waals surface area contributed by atoms with Gasteiger partial charge in [0.1, 0.15) is 5.56 Å². The largest absolute Gasteiger partial charge is 0.383 e. The number of hydrogen-bond acceptors (Lipinski definition) is 5. The number of carbonyl (C=O) groups is 2. The molecule has 1 aromatic carbocycles. The molecule has 20 heavy (non-hydrogen) atoms. The summed E-state index contributed by atoms with van der Waals surface area (Å²) >= 11 is 0. The zero-order valence-electron chi connectivity index (χ0n) is 10.6. The molecule has 0 saturated heterocycles. The van der Waals surface area contributed by atoms with E-state index in [2.05, 4.69) is 10.6 Å². The van der Waals surface area contributed by atoms with Crippen LogP contribution in [0.5, 0.6) is 0 Å². The van der Waals surface area contributed by atoms with Crippen LogP contribution in [0.3, 0.4) is 0 Å². The number of nitrogens with zero attached hydrogens (tertiary/aromatic N) is 1. The number of carbonyl (C=O) groups excluding carboxylic acids is 2. The smallest absolute Gasteiger partial charge is 0.285 e. The predicted octanol–water partition coefficient (Wildman–Crippen LogP) is 0.381. The molecule has 8 nitrogen and oxygen atoms in total. The van der Waals surface area contributed by atoms with Crippen LogP contribution < -0.4 is 16.4 Å². The summed E-state index contributed by atoms with van der Waals surface area (Å²) in [7, 11) is 0. The molecule has 0 aliphatic carbocycles. The summed E-state index contributed by atoms with van der Waals surface area (Å²) in [6.07, 6.45) is 0. The number of halogens is 1. The van der Waals surface area contributed by atoms with E-state index < -0.39 is 34.8 Å². The molecule has 1 aromatic rings. The second-order valence-electron chi connectivity index (χ2n) is 3.79. The number of nitro groups is 1. The van der Waals surface area contributed by atoms with Gasteiger partial charge in [-0.2, -0.15) is 0 Å². The van der Waals surface area contributed by atoms with Crippen molar-refractivity contribution in [2.75, 3.05) is 18.4 Å². The summed E-state index contributed by atoms with van der Waals surface area (Å²) in [5.74, 6) is -2.52. The van der Waals surface area contributed by atoms with Crippen molar-refractivity contribution in [3.8, 4) is 0 Å². The number of rotatable bonds is 6. The van der Waals surface area contributed by atoms with Crippen molar-refractivity contribution in [2.24, 2.45) is 5.73 Å². The second kappa shape index (κ2) is 6.45. The molecule has 0 aliphatic heterocycles. The zero-order chi connectivity index (χ0) is 15.3. The molecule has 0 radical (unpaired) electrons. The Bertz CT molecular complexity index is 562. The Kier molecular flexibility index (Phi) is 4.95. The Morgan fingerprint density at radius 2 is 2.10 bits per heavy atom. The van der Waals surface area contributed by atoms with Crippen LogP contribution in [-0.2, 0) is 4.79 Å². The molecule has 108 valence electrons. The highest BCUT2D eigenvalue weighted by Gasteiger charge is 2.23. The predicted molar refractivity (Wildman–Crippen MR) is 68.7 cm³/mol. The van der Waals surface area contributed by atoms with E-state index in [4.69, 9.17) is 5.73 Å². The number of primary amides is 1. The molecule has 0 unspecified atom stereocenters. The van der Waals surface area contributed by atoms with Crippen molar-refractivity contribution in [3.05, 3.63) is 33.6 Å². The van der Waals surface area contributed by atoms with Crippen molar-refractivity contribution >= 4 is 23.2 Å². The van der Waals surface area contributed by atoms with E-state index in [1.165, 1.54) is 0 Å². The lowest BCUT2D eigenvalue weighted by Crippen LogP contribution is -2.33. The van der Waals surface area contributed by atoms with Gasteiger partial charge in [0.15, 0.2) is 5.82 Å². The molecule has 9 heteroatoms. The minimum absolute atomic E-state index is 0.0395. The fourth-order valence-corrected chi connectivity index (χ4v) is 1.48. The fourth-order valence-electron chi connectivity index (χ4n) is 1.48. The maximum absolute atomic E-state index is 13.6. The number of hydrogen-bond donors (Lipinski definition) is 3. The molecule has 4 N–H and O–H groups in total. The zero-order valence-corrected chi connectivity index (χ0v) is 10.6. The van der Waals surface area contributed by atoms with Crippen LogP contribution in [-0.4, -0.2) is 29.8 Å². The van der Waals surface area contributed by atoms with Gasteiger partial charge >= 0.3 is 0 Å². The van der Waals surface area contributed by atoms with E-state index in [0.29, 0.717) is 12.6 Å². The van der Waals surface area contributed by atoms with Crippen molar-refractivity contribution in [3.63, 3.8) is 0 Å². The molecule has 0 heterocycles. The first-order valence-electron chi connectivity index (χ1n) is 5.65. The molecule has 2 amide bonds. The first-order valence-corrected chi connectivity index (χ1v) is 5.65. The summed E-state index contributed by atoms with van der Waals surface area (Å²) in [5.41, 5.74) is 3.78. The van der Waals surface area contributed by atoms with Gasteiger partial charge in [0.2, 0.25) is 5.91 Å². The number of nitro benzene ring substituents is 1. The summed E-state index contributed by atoms with van der Waals surface area (Å²) in [4.78, 5) is 32.3. The van der Waals surface area contributed by atoms with Gasteiger partial charge in [-0.05, 0) is 13.0 Å². The number of nitrogens with one attached hydrogen (secondary N) is 2. The highest BCUT2D eigenvalue weighted by atomic mass is 19.1. The maximum Gasteiger partial charge on any atom is 0.285 e. The average molecular weight is 284 g/mol. The molecule has 0 aliphatic rings. The standard InChI is InChI=1S/C11H13FN4O4/c1-2-14-8-3-6(11(18)15-5-10(13)17)9(16(19)20)4-7(8)12/h3-4,14H,2,5H2,1H3,(H2,13,17)(H,15,18). The quantitative estimate of drug-likeness (QED) is 0.514. The Morgan fingerprint density at radius 1 is 1.45 bits per heavy atom. The van der Waals surface area contributed by atoms with Crippen molar-refractivity contribution in [1.29, 1.82) is 0 Å². The third-order valence-corrected chi connectivity index (χ3v) is 2.32. The lowest BCUT2D eigenvalue weighted by Gasteiger charge is -2.09. The molecular weight excluding hydrogens is 271 g/mol. The van der Waals surface area contributed by atoms with Crippen molar-refractivity contribution in [1.82, 2.24) is 5.32 Å². The van der Waals surface area contributed by atoms with Gasteiger partial charge in [-0.25, -0.2) is 4.39 Å². The fraction of sp³-hybridized carbons (Fsp3) is 0.273. The molecule has 0 fully saturated rings. The molecule has 0 spiro atoms. The second-order valence-corrected chi connectivity index (χ2v) is 3.79. The molecule has 0 saturated carbocycles. The lowest BCUT2D eigenvalue weighted by molar-refractivity contribution is -0.385. The number of benzene rings is 1. The van der Waals surface area contributed by atoms with Crippen molar-refractivity contribution in [2.45, 2.75) is 6.92 Å². The van der Waals surface area contributed by atoms with Crippen LogP contribution in [0.15, 0.2) is 12.1 Å². The first-order chi connectivity index (χ1) is 9.36. The topological polar surface area (TPSA) is 127 Å². The van der Waals surface area contributed by atoms with Crippen LogP contribution in [0.25, 0.3) is 0 Å². The molecular formula is C11H13FN4O4. The van der Waals surface area contributed by atoms with E-state index in [1.54, 1.807) is 6.92 Å². The third kappa shape index (κ3) is 3.64. The van der Waals surface area contributed by atoms with Gasteiger partial charge < -0.3 is 16.4 Å². The van der Waals surface area contributed by atoms with E-state index in [9.17, 15) is 24.1 Å². The van der Waals surface area contributed by atoms with Gasteiger partial charge in [0.05, 0.1) is 23.2 Å².